The first kappa shape index (κ1) is 8.46. The second kappa shape index (κ2) is 3.17. The molecule has 0 fully saturated rings. The highest BCUT2D eigenvalue weighted by Gasteiger charge is 2.38. The lowest BCUT2D eigenvalue weighted by atomic mass is 10.1. The molecular weight excluding hydrogens is 162 g/mol. The predicted molar refractivity (Wildman–Crippen MR) is 45.1 cm³/mol. The molecule has 1 atom stereocenters. The van der Waals surface area contributed by atoms with E-state index in [4.69, 9.17) is 5.11 Å². The van der Waals surface area contributed by atoms with E-state index in [1.165, 1.54) is 11.8 Å². The van der Waals surface area contributed by atoms with Crippen LogP contribution in [0.4, 0.5) is 0 Å². The minimum absolute atomic E-state index is 0.653. The fourth-order valence-corrected chi connectivity index (χ4v) is 1.98. The normalized spacial score (nSPS) is 28.5. The largest absolute Gasteiger partial charge is 0.479 e. The number of hydrogen-bond acceptors (Lipinski definition) is 3. The van der Waals surface area contributed by atoms with Crippen LogP contribution in [0.2, 0.25) is 0 Å². The summed E-state index contributed by atoms with van der Waals surface area (Å²) in [4.78, 5) is 10.0. The molecule has 0 aromatic carbocycles. The van der Waals surface area contributed by atoms with Crippen molar-refractivity contribution >= 4 is 17.7 Å². The Hall–Kier alpha value is -0.640. The van der Waals surface area contributed by atoms with Gasteiger partial charge in [-0.25, -0.2) is 4.79 Å². The van der Waals surface area contributed by atoms with E-state index in [2.05, 4.69) is 5.32 Å². The second-order valence-corrected chi connectivity index (χ2v) is 3.65. The lowest BCUT2D eigenvalue weighted by molar-refractivity contribution is -0.140. The average Bonchev–Trinajstić information content (AvgIpc) is 2.38. The Labute approximate surface area is 69.9 Å². The summed E-state index contributed by atoms with van der Waals surface area (Å²) >= 11 is 1.33. The van der Waals surface area contributed by atoms with Crippen LogP contribution in [0.3, 0.4) is 0 Å². The molecule has 1 rings (SSSR count). The van der Waals surface area contributed by atoms with Crippen molar-refractivity contribution < 1.29 is 9.90 Å². The number of nitrogens with one attached hydrogen (secondary N) is 1. The highest BCUT2D eigenvalue weighted by Crippen LogP contribution is 2.32. The predicted octanol–water partition coefficient (Wildman–Crippen LogP) is 1.38. The highest BCUT2D eigenvalue weighted by molar-refractivity contribution is 8.04. The molecule has 0 saturated heterocycles. The molecule has 0 radical (unpaired) electrons. The molecule has 0 amide bonds. The first-order valence-electron chi connectivity index (χ1n) is 3.55. The molecule has 1 aliphatic rings. The van der Waals surface area contributed by atoms with Gasteiger partial charge in [0.1, 0.15) is 0 Å². The van der Waals surface area contributed by atoms with Crippen LogP contribution < -0.4 is 5.32 Å². The van der Waals surface area contributed by atoms with E-state index in [1.54, 1.807) is 11.6 Å². The summed E-state index contributed by atoms with van der Waals surface area (Å²) in [7, 11) is 0. The van der Waals surface area contributed by atoms with E-state index in [0.717, 1.165) is 6.42 Å². The molecule has 0 saturated carbocycles. The van der Waals surface area contributed by atoms with E-state index in [-0.39, 0.29) is 0 Å². The molecule has 0 bridgehead atoms. The molecule has 2 N–H and O–H groups in total. The van der Waals surface area contributed by atoms with E-state index < -0.39 is 10.8 Å². The smallest absolute Gasteiger partial charge is 0.340 e. The number of carbonyl (C=O) groups is 1. The SMILES string of the molecule is CCCC1(C(=O)O)NC=CS1. The molecule has 0 aromatic rings. The zero-order valence-electron chi connectivity index (χ0n) is 6.33. The summed E-state index contributed by atoms with van der Waals surface area (Å²) in [6.07, 6.45) is 3.21. The summed E-state index contributed by atoms with van der Waals surface area (Å²) in [6.45, 7) is 1.98. The van der Waals surface area contributed by atoms with Gasteiger partial charge in [-0.3, -0.25) is 0 Å². The lowest BCUT2D eigenvalue weighted by Gasteiger charge is -2.22. The van der Waals surface area contributed by atoms with Gasteiger partial charge in [0.25, 0.3) is 0 Å². The zero-order valence-corrected chi connectivity index (χ0v) is 7.15. The van der Waals surface area contributed by atoms with Crippen molar-refractivity contribution in [2.75, 3.05) is 0 Å². The lowest BCUT2D eigenvalue weighted by Crippen LogP contribution is -2.43. The molecule has 11 heavy (non-hydrogen) atoms. The van der Waals surface area contributed by atoms with E-state index >= 15 is 0 Å². The molecule has 4 heteroatoms. The Morgan fingerprint density at radius 2 is 2.55 bits per heavy atom. The van der Waals surface area contributed by atoms with Crippen molar-refractivity contribution in [1.82, 2.24) is 5.32 Å². The summed E-state index contributed by atoms with van der Waals surface area (Å²) in [5.74, 6) is -0.783. The number of hydrogen-bond donors (Lipinski definition) is 2. The van der Waals surface area contributed by atoms with Crippen molar-refractivity contribution in [1.29, 1.82) is 0 Å². The van der Waals surface area contributed by atoms with Crippen LogP contribution in [-0.4, -0.2) is 15.9 Å². The third kappa shape index (κ3) is 1.50. The molecule has 62 valence electrons. The van der Waals surface area contributed by atoms with Gasteiger partial charge in [0.2, 0.25) is 0 Å². The molecule has 0 aliphatic carbocycles. The summed E-state index contributed by atoms with van der Waals surface area (Å²) < 4.78 is 0. The maximum atomic E-state index is 10.8. The molecular formula is C7H11NO2S. The van der Waals surface area contributed by atoms with Gasteiger partial charge in [0.05, 0.1) is 0 Å². The van der Waals surface area contributed by atoms with Crippen molar-refractivity contribution in [3.8, 4) is 0 Å². The average molecular weight is 173 g/mol. The quantitative estimate of drug-likeness (QED) is 0.677. The molecule has 1 aliphatic heterocycles. The Bertz CT molecular complexity index is 183. The van der Waals surface area contributed by atoms with E-state index in [1.807, 2.05) is 6.92 Å². The number of thioether (sulfide) groups is 1. The van der Waals surface area contributed by atoms with Crippen LogP contribution >= 0.6 is 11.8 Å². The third-order valence-electron chi connectivity index (χ3n) is 1.60. The van der Waals surface area contributed by atoms with E-state index in [0.29, 0.717) is 6.42 Å². The van der Waals surface area contributed by atoms with Gasteiger partial charge in [-0.2, -0.15) is 0 Å². The van der Waals surface area contributed by atoms with Crippen LogP contribution in [0.15, 0.2) is 11.6 Å². The molecule has 3 nitrogen and oxygen atoms in total. The fourth-order valence-electron chi connectivity index (χ4n) is 1.06. The Morgan fingerprint density at radius 1 is 1.82 bits per heavy atom. The summed E-state index contributed by atoms with van der Waals surface area (Å²) in [5.41, 5.74) is 0. The number of carboxylic acid groups (broad SMARTS) is 1. The number of rotatable bonds is 3. The Kier molecular flexibility index (Phi) is 2.44. The molecule has 1 heterocycles. The maximum Gasteiger partial charge on any atom is 0.340 e. The molecule has 1 unspecified atom stereocenters. The van der Waals surface area contributed by atoms with Crippen molar-refractivity contribution in [2.45, 2.75) is 24.6 Å². The third-order valence-corrected chi connectivity index (χ3v) is 2.77. The molecule has 0 aromatic heterocycles. The van der Waals surface area contributed by atoms with Crippen molar-refractivity contribution in [3.63, 3.8) is 0 Å². The second-order valence-electron chi connectivity index (χ2n) is 2.45. The first-order chi connectivity index (χ1) is 5.21. The Balaban J connectivity index is 2.65. The summed E-state index contributed by atoms with van der Waals surface area (Å²) in [6, 6.07) is 0. The van der Waals surface area contributed by atoms with Gasteiger partial charge in [0, 0.05) is 6.20 Å². The maximum absolute atomic E-state index is 10.8. The number of carboxylic acids is 1. The van der Waals surface area contributed by atoms with Gasteiger partial charge < -0.3 is 10.4 Å². The van der Waals surface area contributed by atoms with Crippen LogP contribution in [0, 0.1) is 0 Å². The van der Waals surface area contributed by atoms with Gasteiger partial charge in [0.15, 0.2) is 4.87 Å². The Morgan fingerprint density at radius 3 is 2.91 bits per heavy atom. The fraction of sp³-hybridized carbons (Fsp3) is 0.571. The standard InChI is InChI=1S/C7H11NO2S/c1-2-3-7(6(9)10)8-4-5-11-7/h4-5,8H,2-3H2,1H3,(H,9,10). The first-order valence-corrected chi connectivity index (χ1v) is 4.43. The monoisotopic (exact) mass is 173 g/mol. The minimum atomic E-state index is -0.783. The van der Waals surface area contributed by atoms with Crippen LogP contribution in [0.1, 0.15) is 19.8 Å². The summed E-state index contributed by atoms with van der Waals surface area (Å²) in [5, 5.41) is 13.5. The van der Waals surface area contributed by atoms with Crippen LogP contribution in [0.5, 0.6) is 0 Å². The van der Waals surface area contributed by atoms with Crippen molar-refractivity contribution in [2.24, 2.45) is 0 Å². The van der Waals surface area contributed by atoms with Crippen LogP contribution in [0.25, 0.3) is 0 Å². The molecule has 0 spiro atoms. The van der Waals surface area contributed by atoms with E-state index in [9.17, 15) is 4.79 Å². The van der Waals surface area contributed by atoms with Gasteiger partial charge in [-0.05, 0) is 11.8 Å². The van der Waals surface area contributed by atoms with Crippen molar-refractivity contribution in [3.05, 3.63) is 11.6 Å². The minimum Gasteiger partial charge on any atom is -0.479 e. The van der Waals surface area contributed by atoms with Gasteiger partial charge >= 0.3 is 5.97 Å². The van der Waals surface area contributed by atoms with Gasteiger partial charge in [-0.1, -0.05) is 25.1 Å². The number of aliphatic carboxylic acids is 1. The van der Waals surface area contributed by atoms with Crippen LogP contribution in [-0.2, 0) is 4.79 Å². The highest BCUT2D eigenvalue weighted by atomic mass is 32.2. The zero-order chi connectivity index (χ0) is 8.32. The topological polar surface area (TPSA) is 49.3 Å². The van der Waals surface area contributed by atoms with Gasteiger partial charge in [-0.15, -0.1) is 0 Å².